The van der Waals surface area contributed by atoms with Crippen molar-refractivity contribution in [2.24, 2.45) is 0 Å². The number of nitrogens with one attached hydrogen (secondary N) is 1. The van der Waals surface area contributed by atoms with Crippen molar-refractivity contribution in [2.45, 2.75) is 13.5 Å². The van der Waals surface area contributed by atoms with Crippen molar-refractivity contribution in [3.63, 3.8) is 0 Å². The molecule has 182 valence electrons. The Morgan fingerprint density at radius 3 is 2.77 bits per heavy atom. The zero-order valence-electron chi connectivity index (χ0n) is 19.2. The van der Waals surface area contributed by atoms with E-state index in [1.807, 2.05) is 18.2 Å². The lowest BCUT2D eigenvalue weighted by Gasteiger charge is -2.36. The average Bonchev–Trinajstić information content (AvgIpc) is 3.46. The number of carbonyl (C=O) groups is 1. The van der Waals surface area contributed by atoms with Crippen LogP contribution in [0.25, 0.3) is 11.1 Å². The van der Waals surface area contributed by atoms with Gasteiger partial charge < -0.3 is 19.2 Å². The highest BCUT2D eigenvalue weighted by molar-refractivity contribution is 6.30. The third-order valence-corrected chi connectivity index (χ3v) is 6.37. The number of rotatable bonds is 7. The van der Waals surface area contributed by atoms with Gasteiger partial charge in [0.05, 0.1) is 12.1 Å². The fraction of sp³-hybridized carbons (Fsp3) is 0.333. The van der Waals surface area contributed by atoms with Crippen LogP contribution in [-0.2, 0) is 6.54 Å². The van der Waals surface area contributed by atoms with Crippen LogP contribution in [0.5, 0.6) is 0 Å². The van der Waals surface area contributed by atoms with Gasteiger partial charge >= 0.3 is 17.6 Å². The molecular weight excluding hydrogens is 472 g/mol. The van der Waals surface area contributed by atoms with E-state index >= 15 is 0 Å². The first-order valence-electron chi connectivity index (χ1n) is 11.4. The molecule has 0 unspecified atom stereocenters. The average molecular weight is 497 g/mol. The number of aryl methyl sites for hydroxylation is 1. The Labute approximate surface area is 206 Å². The van der Waals surface area contributed by atoms with E-state index in [0.29, 0.717) is 24.2 Å². The molecule has 1 fully saturated rings. The SMILES string of the molecule is Cc1ccc(Cl)cc1N1CCN(CCNC(=O)c2nc(Cn3c(=O)oc4ccccc43)no2)CC1. The molecule has 0 aliphatic carbocycles. The molecule has 0 bridgehead atoms. The van der Waals surface area contributed by atoms with Gasteiger partial charge in [0, 0.05) is 50.0 Å². The Bertz CT molecular complexity index is 1400. The number of benzene rings is 2. The first-order valence-corrected chi connectivity index (χ1v) is 11.8. The summed E-state index contributed by atoms with van der Waals surface area (Å²) in [6, 6.07) is 13.0. The first-order chi connectivity index (χ1) is 17.0. The minimum absolute atomic E-state index is 0.0446. The second kappa shape index (κ2) is 9.93. The van der Waals surface area contributed by atoms with Crippen LogP contribution in [0.4, 0.5) is 5.69 Å². The fourth-order valence-electron chi connectivity index (χ4n) is 4.25. The zero-order valence-corrected chi connectivity index (χ0v) is 20.0. The summed E-state index contributed by atoms with van der Waals surface area (Å²) in [5, 5.41) is 7.40. The topological polar surface area (TPSA) is 110 Å². The molecule has 1 aliphatic rings. The zero-order chi connectivity index (χ0) is 24.4. The van der Waals surface area contributed by atoms with E-state index in [1.165, 1.54) is 15.8 Å². The number of oxazole rings is 1. The van der Waals surface area contributed by atoms with Crippen molar-refractivity contribution in [2.75, 3.05) is 44.2 Å². The highest BCUT2D eigenvalue weighted by Crippen LogP contribution is 2.25. The lowest BCUT2D eigenvalue weighted by atomic mass is 10.1. The van der Waals surface area contributed by atoms with Gasteiger partial charge in [-0.15, -0.1) is 0 Å². The van der Waals surface area contributed by atoms with Gasteiger partial charge in [-0.1, -0.05) is 35.0 Å². The molecule has 1 N–H and O–H groups in total. The van der Waals surface area contributed by atoms with Crippen LogP contribution in [0.3, 0.4) is 0 Å². The quantitative estimate of drug-likeness (QED) is 0.415. The first kappa shape index (κ1) is 23.1. The van der Waals surface area contributed by atoms with E-state index in [9.17, 15) is 9.59 Å². The predicted molar refractivity (Wildman–Crippen MR) is 131 cm³/mol. The van der Waals surface area contributed by atoms with E-state index < -0.39 is 11.7 Å². The highest BCUT2D eigenvalue weighted by Gasteiger charge is 2.20. The lowest BCUT2D eigenvalue weighted by Crippen LogP contribution is -2.48. The van der Waals surface area contributed by atoms with E-state index in [0.717, 1.165) is 31.2 Å². The summed E-state index contributed by atoms with van der Waals surface area (Å²) in [6.45, 7) is 6.87. The number of anilines is 1. The number of hydrogen-bond acceptors (Lipinski definition) is 8. The van der Waals surface area contributed by atoms with Crippen molar-refractivity contribution in [1.82, 2.24) is 24.9 Å². The molecule has 35 heavy (non-hydrogen) atoms. The molecule has 3 heterocycles. The number of hydrogen-bond donors (Lipinski definition) is 1. The van der Waals surface area contributed by atoms with Gasteiger partial charge in [-0.3, -0.25) is 14.3 Å². The third kappa shape index (κ3) is 5.08. The molecule has 5 rings (SSSR count). The second-order valence-electron chi connectivity index (χ2n) is 8.45. The molecule has 2 aromatic carbocycles. The maximum Gasteiger partial charge on any atom is 0.420 e. The minimum Gasteiger partial charge on any atom is -0.408 e. The summed E-state index contributed by atoms with van der Waals surface area (Å²) in [5.41, 5.74) is 3.48. The highest BCUT2D eigenvalue weighted by atomic mass is 35.5. The molecule has 4 aromatic rings. The van der Waals surface area contributed by atoms with Crippen LogP contribution < -0.4 is 16.0 Å². The van der Waals surface area contributed by atoms with Crippen LogP contribution >= 0.6 is 11.6 Å². The van der Waals surface area contributed by atoms with Crippen LogP contribution in [0.15, 0.2) is 56.2 Å². The van der Waals surface area contributed by atoms with E-state index in [1.54, 1.807) is 24.3 Å². The number of aromatic nitrogens is 3. The van der Waals surface area contributed by atoms with E-state index in [2.05, 4.69) is 32.2 Å². The van der Waals surface area contributed by atoms with Gasteiger partial charge in [0.2, 0.25) is 0 Å². The Kier molecular flexibility index (Phi) is 6.56. The number of piperazine rings is 1. The van der Waals surface area contributed by atoms with Gasteiger partial charge in [-0.25, -0.2) is 4.79 Å². The summed E-state index contributed by atoms with van der Waals surface area (Å²) in [5.74, 6) is -0.882. The smallest absolute Gasteiger partial charge is 0.408 e. The van der Waals surface area contributed by atoms with Crippen LogP contribution in [0.2, 0.25) is 5.02 Å². The second-order valence-corrected chi connectivity index (χ2v) is 8.89. The number of para-hydroxylation sites is 2. The maximum atomic E-state index is 12.5. The molecule has 0 atom stereocenters. The molecule has 0 saturated carbocycles. The number of nitrogens with zero attached hydrogens (tertiary/aromatic N) is 5. The van der Waals surface area contributed by atoms with Gasteiger partial charge in [-0.2, -0.15) is 4.98 Å². The Morgan fingerprint density at radius 1 is 1.14 bits per heavy atom. The van der Waals surface area contributed by atoms with Crippen molar-refractivity contribution in [3.05, 3.63) is 75.3 Å². The van der Waals surface area contributed by atoms with Crippen LogP contribution in [0, 0.1) is 6.92 Å². The number of fused-ring (bicyclic) bond motifs is 1. The number of amides is 1. The fourth-order valence-corrected chi connectivity index (χ4v) is 4.42. The van der Waals surface area contributed by atoms with Gasteiger partial charge in [-0.05, 0) is 36.8 Å². The van der Waals surface area contributed by atoms with Gasteiger partial charge in [0.25, 0.3) is 0 Å². The molecule has 11 heteroatoms. The predicted octanol–water partition coefficient (Wildman–Crippen LogP) is 2.54. The van der Waals surface area contributed by atoms with E-state index in [4.69, 9.17) is 20.5 Å². The van der Waals surface area contributed by atoms with Crippen molar-refractivity contribution in [3.8, 4) is 0 Å². The van der Waals surface area contributed by atoms with Crippen LogP contribution in [0.1, 0.15) is 22.1 Å². The molecule has 10 nitrogen and oxygen atoms in total. The van der Waals surface area contributed by atoms with Crippen molar-refractivity contribution >= 4 is 34.3 Å². The van der Waals surface area contributed by atoms with Crippen LogP contribution in [-0.4, -0.2) is 64.8 Å². The standard InChI is InChI=1S/C24H25ClN6O4/c1-16-6-7-17(25)14-19(16)30-12-10-29(11-13-30)9-8-26-22(32)23-27-21(28-35-23)15-31-18-4-2-3-5-20(18)34-24(31)33/h2-7,14H,8-13,15H2,1H3,(H,26,32). The number of carbonyl (C=O) groups excluding carboxylic acids is 1. The molecule has 1 saturated heterocycles. The van der Waals surface area contributed by atoms with Crippen molar-refractivity contribution in [1.29, 1.82) is 0 Å². The summed E-state index contributed by atoms with van der Waals surface area (Å²) in [4.78, 5) is 33.4. The Hall–Kier alpha value is -3.63. The largest absolute Gasteiger partial charge is 0.420 e. The van der Waals surface area contributed by atoms with E-state index in [-0.39, 0.29) is 18.3 Å². The Balaban J connectivity index is 1.11. The molecule has 1 amide bonds. The Morgan fingerprint density at radius 2 is 1.94 bits per heavy atom. The molecular formula is C24H25ClN6O4. The maximum absolute atomic E-state index is 12.5. The van der Waals surface area contributed by atoms with Gasteiger partial charge in [0.15, 0.2) is 11.4 Å². The minimum atomic E-state index is -0.521. The molecule has 2 aromatic heterocycles. The summed E-state index contributed by atoms with van der Waals surface area (Å²) < 4.78 is 11.7. The molecule has 0 radical (unpaired) electrons. The molecule has 1 aliphatic heterocycles. The van der Waals surface area contributed by atoms with Gasteiger partial charge in [0.1, 0.15) is 0 Å². The third-order valence-electron chi connectivity index (χ3n) is 6.13. The summed E-state index contributed by atoms with van der Waals surface area (Å²) >= 11 is 6.17. The molecule has 0 spiro atoms. The number of halogens is 1. The summed E-state index contributed by atoms with van der Waals surface area (Å²) in [6.07, 6.45) is 0. The van der Waals surface area contributed by atoms with Crippen molar-refractivity contribution < 1.29 is 13.7 Å². The monoisotopic (exact) mass is 496 g/mol. The summed E-state index contributed by atoms with van der Waals surface area (Å²) in [7, 11) is 0. The lowest BCUT2D eigenvalue weighted by molar-refractivity contribution is 0.0904. The normalized spacial score (nSPS) is 14.5.